The highest BCUT2D eigenvalue weighted by atomic mass is 79.9. The van der Waals surface area contributed by atoms with E-state index in [4.69, 9.17) is 5.11 Å². The summed E-state index contributed by atoms with van der Waals surface area (Å²) in [5.41, 5.74) is 0.175. The Morgan fingerprint density at radius 1 is 1.53 bits per heavy atom. The first-order chi connectivity index (χ1) is 8.77. The van der Waals surface area contributed by atoms with Crippen molar-refractivity contribution in [2.45, 2.75) is 33.2 Å². The summed E-state index contributed by atoms with van der Waals surface area (Å²) in [7, 11) is 0. The third-order valence-electron chi connectivity index (χ3n) is 2.86. The van der Waals surface area contributed by atoms with Gasteiger partial charge >= 0.3 is 5.69 Å². The van der Waals surface area contributed by atoms with Gasteiger partial charge in [-0.15, -0.1) is 0 Å². The molecule has 0 saturated heterocycles. The molecule has 1 rings (SSSR count). The number of aromatic nitrogens is 1. The first-order valence-corrected chi connectivity index (χ1v) is 6.72. The molecule has 1 aromatic rings. The molecule has 1 heterocycles. The standard InChI is InChI=1S/C12H18BrN3O3/c1-12(2,3)10(4-5-17)15-11-8(13)6-14-7-9(11)16(18)19/h6-7,10,17H,4-5H2,1-3H3,(H,14,15). The number of hydrogen-bond acceptors (Lipinski definition) is 5. The largest absolute Gasteiger partial charge is 0.396 e. The van der Waals surface area contributed by atoms with Crippen LogP contribution in [-0.4, -0.2) is 27.7 Å². The molecular weight excluding hydrogens is 314 g/mol. The van der Waals surface area contributed by atoms with Crippen LogP contribution in [0.4, 0.5) is 11.4 Å². The summed E-state index contributed by atoms with van der Waals surface area (Å²) in [5, 5.41) is 23.3. The molecule has 7 heteroatoms. The lowest BCUT2D eigenvalue weighted by atomic mass is 9.85. The molecule has 0 radical (unpaired) electrons. The van der Waals surface area contributed by atoms with Crippen molar-refractivity contribution in [1.29, 1.82) is 0 Å². The Hall–Kier alpha value is -1.21. The van der Waals surface area contributed by atoms with Crippen LogP contribution in [0.2, 0.25) is 0 Å². The molecule has 0 aliphatic heterocycles. The number of nitrogens with zero attached hydrogens (tertiary/aromatic N) is 2. The summed E-state index contributed by atoms with van der Waals surface area (Å²) >= 11 is 3.27. The van der Waals surface area contributed by atoms with Crippen molar-refractivity contribution in [1.82, 2.24) is 4.98 Å². The molecule has 0 aliphatic carbocycles. The second-order valence-electron chi connectivity index (χ2n) is 5.35. The normalized spacial score (nSPS) is 13.1. The van der Waals surface area contributed by atoms with Crippen molar-refractivity contribution in [3.63, 3.8) is 0 Å². The van der Waals surface area contributed by atoms with Gasteiger partial charge in [0.25, 0.3) is 0 Å². The van der Waals surface area contributed by atoms with Gasteiger partial charge in [0.05, 0.1) is 9.40 Å². The predicted octanol–water partition coefficient (Wildman–Crippen LogP) is 2.96. The minimum atomic E-state index is -0.473. The van der Waals surface area contributed by atoms with Crippen LogP contribution in [0.1, 0.15) is 27.2 Å². The summed E-state index contributed by atoms with van der Waals surface area (Å²) in [6, 6.07) is -0.0881. The quantitative estimate of drug-likeness (QED) is 0.639. The summed E-state index contributed by atoms with van der Waals surface area (Å²) in [6.45, 7) is 6.06. The molecule has 0 spiro atoms. The van der Waals surface area contributed by atoms with Crippen LogP contribution in [0, 0.1) is 15.5 Å². The summed E-state index contributed by atoms with van der Waals surface area (Å²) in [4.78, 5) is 14.3. The minimum Gasteiger partial charge on any atom is -0.396 e. The highest BCUT2D eigenvalue weighted by molar-refractivity contribution is 9.10. The third-order valence-corrected chi connectivity index (χ3v) is 3.46. The maximum absolute atomic E-state index is 11.0. The second kappa shape index (κ2) is 6.29. The molecule has 0 amide bonds. The molecule has 1 unspecified atom stereocenters. The minimum absolute atomic E-state index is 0.0193. The van der Waals surface area contributed by atoms with Crippen molar-refractivity contribution in [2.24, 2.45) is 5.41 Å². The second-order valence-corrected chi connectivity index (χ2v) is 6.20. The first kappa shape index (κ1) is 15.8. The smallest absolute Gasteiger partial charge is 0.311 e. The van der Waals surface area contributed by atoms with E-state index in [1.54, 1.807) is 0 Å². The zero-order valence-electron chi connectivity index (χ0n) is 11.2. The zero-order chi connectivity index (χ0) is 14.6. The van der Waals surface area contributed by atoms with Crippen LogP contribution in [-0.2, 0) is 0 Å². The van der Waals surface area contributed by atoms with Crippen LogP contribution >= 0.6 is 15.9 Å². The van der Waals surface area contributed by atoms with E-state index in [2.05, 4.69) is 26.2 Å². The van der Waals surface area contributed by atoms with Gasteiger partial charge in [0.1, 0.15) is 11.9 Å². The fourth-order valence-electron chi connectivity index (χ4n) is 1.73. The number of aliphatic hydroxyl groups excluding tert-OH is 1. The van der Waals surface area contributed by atoms with E-state index in [1.807, 2.05) is 20.8 Å². The van der Waals surface area contributed by atoms with Gasteiger partial charge in [-0.2, -0.15) is 0 Å². The summed E-state index contributed by atoms with van der Waals surface area (Å²) in [6.07, 6.45) is 3.23. The molecular formula is C12H18BrN3O3. The molecule has 0 bridgehead atoms. The van der Waals surface area contributed by atoms with Gasteiger partial charge in [-0.1, -0.05) is 20.8 Å². The Kier molecular flexibility index (Phi) is 5.25. The molecule has 6 nitrogen and oxygen atoms in total. The lowest BCUT2D eigenvalue weighted by molar-refractivity contribution is -0.384. The SMILES string of the molecule is CC(C)(C)C(CCO)Nc1c(Br)cncc1[N+](=O)[O-]. The van der Waals surface area contributed by atoms with Crippen LogP contribution in [0.25, 0.3) is 0 Å². The van der Waals surface area contributed by atoms with E-state index in [9.17, 15) is 10.1 Å². The Balaban J connectivity index is 3.12. The Labute approximate surface area is 120 Å². The number of halogens is 1. The van der Waals surface area contributed by atoms with Crippen molar-refractivity contribution in [2.75, 3.05) is 11.9 Å². The van der Waals surface area contributed by atoms with Crippen molar-refractivity contribution < 1.29 is 10.0 Å². The van der Waals surface area contributed by atoms with Gasteiger partial charge in [0.15, 0.2) is 0 Å². The molecule has 1 atom stereocenters. The Morgan fingerprint density at radius 2 is 2.16 bits per heavy atom. The maximum Gasteiger partial charge on any atom is 0.311 e. The van der Waals surface area contributed by atoms with Gasteiger partial charge < -0.3 is 10.4 Å². The van der Waals surface area contributed by atoms with E-state index in [0.29, 0.717) is 16.6 Å². The van der Waals surface area contributed by atoms with Crippen molar-refractivity contribution >= 4 is 27.3 Å². The van der Waals surface area contributed by atoms with Crippen LogP contribution in [0.15, 0.2) is 16.9 Å². The van der Waals surface area contributed by atoms with Gasteiger partial charge in [-0.3, -0.25) is 15.1 Å². The Bertz CT molecular complexity index is 460. The van der Waals surface area contributed by atoms with E-state index < -0.39 is 4.92 Å². The molecule has 0 aromatic carbocycles. The Morgan fingerprint density at radius 3 is 2.63 bits per heavy atom. The van der Waals surface area contributed by atoms with Crippen LogP contribution in [0.5, 0.6) is 0 Å². The summed E-state index contributed by atoms with van der Waals surface area (Å²) < 4.78 is 0.536. The molecule has 0 saturated carbocycles. The third kappa shape index (κ3) is 4.14. The zero-order valence-corrected chi connectivity index (χ0v) is 12.8. The van der Waals surface area contributed by atoms with E-state index >= 15 is 0 Å². The highest BCUT2D eigenvalue weighted by Gasteiger charge is 2.27. The van der Waals surface area contributed by atoms with Crippen molar-refractivity contribution in [3.8, 4) is 0 Å². The van der Waals surface area contributed by atoms with Crippen molar-refractivity contribution in [3.05, 3.63) is 27.0 Å². The topological polar surface area (TPSA) is 88.3 Å². The monoisotopic (exact) mass is 331 g/mol. The highest BCUT2D eigenvalue weighted by Crippen LogP contribution is 2.34. The molecule has 19 heavy (non-hydrogen) atoms. The van der Waals surface area contributed by atoms with E-state index in [-0.39, 0.29) is 23.8 Å². The number of nitro groups is 1. The number of anilines is 1. The fraction of sp³-hybridized carbons (Fsp3) is 0.583. The lowest BCUT2D eigenvalue weighted by Gasteiger charge is -2.32. The van der Waals surface area contributed by atoms with Crippen LogP contribution in [0.3, 0.4) is 0 Å². The maximum atomic E-state index is 11.0. The predicted molar refractivity (Wildman–Crippen MR) is 77.2 cm³/mol. The van der Waals surface area contributed by atoms with E-state index in [0.717, 1.165) is 0 Å². The number of hydrogen-bond donors (Lipinski definition) is 2. The first-order valence-electron chi connectivity index (χ1n) is 5.92. The molecule has 0 fully saturated rings. The lowest BCUT2D eigenvalue weighted by Crippen LogP contribution is -2.35. The van der Waals surface area contributed by atoms with Gasteiger partial charge in [-0.25, -0.2) is 0 Å². The van der Waals surface area contributed by atoms with E-state index in [1.165, 1.54) is 12.4 Å². The van der Waals surface area contributed by atoms with Crippen LogP contribution < -0.4 is 5.32 Å². The van der Waals surface area contributed by atoms with Gasteiger partial charge in [0, 0.05) is 18.8 Å². The number of nitrogens with one attached hydrogen (secondary N) is 1. The molecule has 2 N–H and O–H groups in total. The van der Waals surface area contributed by atoms with Gasteiger partial charge in [0.2, 0.25) is 0 Å². The summed E-state index contributed by atoms with van der Waals surface area (Å²) in [5.74, 6) is 0. The number of aliphatic hydroxyl groups is 1. The molecule has 106 valence electrons. The number of pyridine rings is 1. The molecule has 0 aliphatic rings. The molecule has 1 aromatic heterocycles. The average molecular weight is 332 g/mol. The average Bonchev–Trinajstić information content (AvgIpc) is 2.29. The number of rotatable bonds is 5. The fourth-order valence-corrected chi connectivity index (χ4v) is 2.17. The van der Waals surface area contributed by atoms with Gasteiger partial charge in [-0.05, 0) is 27.8 Å².